The minimum absolute atomic E-state index is 0.171. The molecule has 0 bridgehead atoms. The van der Waals surface area contributed by atoms with E-state index < -0.39 is 0 Å². The van der Waals surface area contributed by atoms with Crippen molar-refractivity contribution in [3.8, 4) is 0 Å². The van der Waals surface area contributed by atoms with Gasteiger partial charge in [0.05, 0.1) is 6.61 Å². The van der Waals surface area contributed by atoms with Gasteiger partial charge in [-0.15, -0.1) is 0 Å². The Morgan fingerprint density at radius 1 is 1.31 bits per heavy atom. The fourth-order valence-electron chi connectivity index (χ4n) is 2.25. The van der Waals surface area contributed by atoms with Gasteiger partial charge in [0.1, 0.15) is 0 Å². The normalized spacial score (nSPS) is 17.8. The van der Waals surface area contributed by atoms with E-state index >= 15 is 0 Å². The molecule has 3 heteroatoms. The van der Waals surface area contributed by atoms with E-state index in [1.54, 1.807) is 0 Å². The molecule has 0 saturated heterocycles. The van der Waals surface area contributed by atoms with E-state index in [1.165, 1.54) is 6.42 Å². The van der Waals surface area contributed by atoms with Crippen LogP contribution < -0.4 is 5.32 Å². The van der Waals surface area contributed by atoms with Gasteiger partial charge >= 0.3 is 0 Å². The molecule has 0 rings (SSSR count). The highest BCUT2D eigenvalue weighted by molar-refractivity contribution is 4.87. The van der Waals surface area contributed by atoms with Crippen molar-refractivity contribution >= 4 is 0 Å². The summed E-state index contributed by atoms with van der Waals surface area (Å²) in [7, 11) is 2.15. The maximum Gasteiger partial charge on any atom is 0.0611 e. The molecule has 0 spiro atoms. The second-order valence-corrected chi connectivity index (χ2v) is 5.55. The highest BCUT2D eigenvalue weighted by Gasteiger charge is 2.27. The van der Waals surface area contributed by atoms with Crippen LogP contribution in [0, 0.1) is 0 Å². The molecule has 0 aliphatic heterocycles. The van der Waals surface area contributed by atoms with Crippen molar-refractivity contribution in [3.63, 3.8) is 0 Å². The van der Waals surface area contributed by atoms with Gasteiger partial charge in [0.25, 0.3) is 0 Å². The molecule has 0 aliphatic rings. The van der Waals surface area contributed by atoms with Crippen LogP contribution in [-0.2, 0) is 0 Å². The van der Waals surface area contributed by atoms with Crippen LogP contribution in [-0.4, -0.2) is 47.8 Å². The van der Waals surface area contributed by atoms with Gasteiger partial charge in [0, 0.05) is 17.6 Å². The summed E-state index contributed by atoms with van der Waals surface area (Å²) in [5.74, 6) is 0. The number of aliphatic hydroxyl groups excluding tert-OH is 1. The predicted molar refractivity (Wildman–Crippen MR) is 70.8 cm³/mol. The number of nitrogens with zero attached hydrogens (tertiary/aromatic N) is 1. The highest BCUT2D eigenvalue weighted by Crippen LogP contribution is 2.16. The molecule has 0 aromatic rings. The zero-order chi connectivity index (χ0) is 12.8. The second kappa shape index (κ2) is 7.25. The zero-order valence-corrected chi connectivity index (χ0v) is 11.9. The topological polar surface area (TPSA) is 35.5 Å². The van der Waals surface area contributed by atoms with E-state index in [4.69, 9.17) is 0 Å². The first kappa shape index (κ1) is 15.9. The Morgan fingerprint density at radius 3 is 2.25 bits per heavy atom. The summed E-state index contributed by atoms with van der Waals surface area (Å²) < 4.78 is 0. The summed E-state index contributed by atoms with van der Waals surface area (Å²) in [4.78, 5) is 2.36. The SMILES string of the molecule is CCCN(C)C(C)CC(C)(CO)NC(C)C. The molecule has 0 fully saturated rings. The summed E-state index contributed by atoms with van der Waals surface area (Å²) >= 11 is 0. The van der Waals surface area contributed by atoms with Crippen molar-refractivity contribution in [1.82, 2.24) is 10.2 Å². The number of nitrogens with one attached hydrogen (secondary N) is 1. The van der Waals surface area contributed by atoms with Gasteiger partial charge in [-0.3, -0.25) is 0 Å². The van der Waals surface area contributed by atoms with E-state index in [0.717, 1.165) is 13.0 Å². The van der Waals surface area contributed by atoms with Crippen LogP contribution in [0.3, 0.4) is 0 Å². The van der Waals surface area contributed by atoms with Crippen LogP contribution in [0.5, 0.6) is 0 Å². The molecule has 0 heterocycles. The Bertz CT molecular complexity index is 185. The Kier molecular flexibility index (Phi) is 7.20. The van der Waals surface area contributed by atoms with Crippen molar-refractivity contribution in [1.29, 1.82) is 0 Å². The lowest BCUT2D eigenvalue weighted by molar-refractivity contribution is 0.119. The minimum Gasteiger partial charge on any atom is -0.394 e. The van der Waals surface area contributed by atoms with Crippen LogP contribution in [0.25, 0.3) is 0 Å². The van der Waals surface area contributed by atoms with E-state index in [9.17, 15) is 5.11 Å². The van der Waals surface area contributed by atoms with E-state index in [-0.39, 0.29) is 12.1 Å². The van der Waals surface area contributed by atoms with Crippen molar-refractivity contribution in [2.45, 2.75) is 65.1 Å². The third-order valence-electron chi connectivity index (χ3n) is 3.06. The van der Waals surface area contributed by atoms with Crippen molar-refractivity contribution in [3.05, 3.63) is 0 Å². The molecule has 0 radical (unpaired) electrons. The van der Waals surface area contributed by atoms with Crippen LogP contribution in [0.4, 0.5) is 0 Å². The smallest absolute Gasteiger partial charge is 0.0611 e. The van der Waals surface area contributed by atoms with Crippen LogP contribution in [0.1, 0.15) is 47.5 Å². The summed E-state index contributed by atoms with van der Waals surface area (Å²) in [5.41, 5.74) is -0.171. The second-order valence-electron chi connectivity index (χ2n) is 5.55. The standard InChI is InChI=1S/C13H30N2O/c1-7-8-15(6)12(4)9-13(5,10-16)14-11(2)3/h11-12,14,16H,7-10H2,1-6H3. The Balaban J connectivity index is 4.29. The molecule has 2 unspecified atom stereocenters. The lowest BCUT2D eigenvalue weighted by atomic mass is 9.93. The molecule has 0 saturated carbocycles. The van der Waals surface area contributed by atoms with Crippen molar-refractivity contribution in [2.24, 2.45) is 0 Å². The van der Waals surface area contributed by atoms with Gasteiger partial charge in [-0.25, -0.2) is 0 Å². The predicted octanol–water partition coefficient (Wildman–Crippen LogP) is 1.86. The van der Waals surface area contributed by atoms with Gasteiger partial charge in [-0.2, -0.15) is 0 Å². The first-order chi connectivity index (χ1) is 7.34. The molecule has 0 aromatic heterocycles. The van der Waals surface area contributed by atoms with Gasteiger partial charge in [-0.1, -0.05) is 20.8 Å². The molecule has 0 amide bonds. The highest BCUT2D eigenvalue weighted by atomic mass is 16.3. The van der Waals surface area contributed by atoms with Crippen LogP contribution >= 0.6 is 0 Å². The molecule has 0 aromatic carbocycles. The zero-order valence-electron chi connectivity index (χ0n) is 11.9. The third-order valence-corrected chi connectivity index (χ3v) is 3.06. The number of rotatable bonds is 8. The Hall–Kier alpha value is -0.120. The fraction of sp³-hybridized carbons (Fsp3) is 1.00. The molecule has 2 atom stereocenters. The van der Waals surface area contributed by atoms with Gasteiger partial charge in [-0.05, 0) is 40.3 Å². The molecule has 98 valence electrons. The largest absolute Gasteiger partial charge is 0.394 e. The maximum atomic E-state index is 9.51. The fourth-order valence-corrected chi connectivity index (χ4v) is 2.25. The molecular weight excluding hydrogens is 200 g/mol. The number of hydrogen-bond acceptors (Lipinski definition) is 3. The molecular formula is C13H30N2O. The first-order valence-corrected chi connectivity index (χ1v) is 6.43. The molecule has 16 heavy (non-hydrogen) atoms. The summed E-state index contributed by atoms with van der Waals surface area (Å²) in [5, 5.41) is 13.0. The lowest BCUT2D eigenvalue weighted by Crippen LogP contribution is -2.52. The monoisotopic (exact) mass is 230 g/mol. The number of hydrogen-bond donors (Lipinski definition) is 2. The minimum atomic E-state index is -0.171. The van der Waals surface area contributed by atoms with Gasteiger partial charge < -0.3 is 15.3 Å². The van der Waals surface area contributed by atoms with Gasteiger partial charge in [0.2, 0.25) is 0 Å². The van der Waals surface area contributed by atoms with Gasteiger partial charge in [0.15, 0.2) is 0 Å². The third kappa shape index (κ3) is 5.83. The van der Waals surface area contributed by atoms with Crippen LogP contribution in [0.2, 0.25) is 0 Å². The van der Waals surface area contributed by atoms with Crippen molar-refractivity contribution in [2.75, 3.05) is 20.2 Å². The first-order valence-electron chi connectivity index (χ1n) is 6.43. The summed E-state index contributed by atoms with van der Waals surface area (Å²) in [6.07, 6.45) is 2.15. The molecule has 3 nitrogen and oxygen atoms in total. The number of aliphatic hydroxyl groups is 1. The molecule has 2 N–H and O–H groups in total. The Morgan fingerprint density at radius 2 is 1.88 bits per heavy atom. The van der Waals surface area contributed by atoms with E-state index in [2.05, 4.69) is 51.9 Å². The average Bonchev–Trinajstić information content (AvgIpc) is 2.16. The summed E-state index contributed by atoms with van der Waals surface area (Å²) in [6, 6.07) is 0.893. The van der Waals surface area contributed by atoms with E-state index in [1.807, 2.05) is 0 Å². The maximum absolute atomic E-state index is 9.51. The van der Waals surface area contributed by atoms with Crippen LogP contribution in [0.15, 0.2) is 0 Å². The lowest BCUT2D eigenvalue weighted by Gasteiger charge is -2.36. The quantitative estimate of drug-likeness (QED) is 0.668. The Labute approximate surface area is 101 Å². The van der Waals surface area contributed by atoms with E-state index in [0.29, 0.717) is 12.1 Å². The molecule has 0 aliphatic carbocycles. The average molecular weight is 230 g/mol. The van der Waals surface area contributed by atoms with Crippen molar-refractivity contribution < 1.29 is 5.11 Å². The summed E-state index contributed by atoms with van der Waals surface area (Å²) in [6.45, 7) is 12.1.